The highest BCUT2D eigenvalue weighted by Gasteiger charge is 2.30. The largest absolute Gasteiger partial charge is 0.465 e. The fraction of sp³-hybridized carbons (Fsp3) is 0.273. The van der Waals surface area contributed by atoms with E-state index in [4.69, 9.17) is 18.9 Å². The summed E-state index contributed by atoms with van der Waals surface area (Å²) in [7, 11) is 3.68. The van der Waals surface area contributed by atoms with Crippen molar-refractivity contribution in [3.8, 4) is 11.5 Å². The molecule has 1 aliphatic rings. The van der Waals surface area contributed by atoms with E-state index >= 15 is 0 Å². The Morgan fingerprint density at radius 2 is 1.32 bits per heavy atom. The summed E-state index contributed by atoms with van der Waals surface area (Å²) >= 11 is 0. The smallest absolute Gasteiger partial charge is 0.338 e. The molecule has 9 heteroatoms. The number of hydrogen-bond donors (Lipinski definition) is 1. The predicted octanol–water partition coefficient (Wildman–Crippen LogP) is 3.19. The molecule has 0 saturated heterocycles. The lowest BCUT2D eigenvalue weighted by molar-refractivity contribution is -0.117. The van der Waals surface area contributed by atoms with E-state index in [-0.39, 0.29) is 45.7 Å². The molecule has 0 atom stereocenters. The number of hydrogen-bond acceptors (Lipinski definition) is 8. The van der Waals surface area contributed by atoms with Crippen LogP contribution in [0.5, 0.6) is 11.5 Å². The van der Waals surface area contributed by atoms with Gasteiger partial charge in [-0.25, -0.2) is 14.4 Å². The Hall–Kier alpha value is -3.88. The van der Waals surface area contributed by atoms with Crippen LogP contribution < -0.4 is 10.1 Å². The van der Waals surface area contributed by atoms with Crippen molar-refractivity contribution in [1.29, 1.82) is 0 Å². The first-order valence-corrected chi connectivity index (χ1v) is 9.39. The van der Waals surface area contributed by atoms with Crippen LogP contribution in [-0.4, -0.2) is 45.1 Å². The van der Waals surface area contributed by atoms with Gasteiger partial charge in [0, 0.05) is 5.92 Å². The molecule has 162 valence electrons. The van der Waals surface area contributed by atoms with E-state index in [1.165, 1.54) is 57.7 Å². The molecule has 1 saturated carbocycles. The Morgan fingerprint density at radius 3 is 1.84 bits per heavy atom. The van der Waals surface area contributed by atoms with Crippen molar-refractivity contribution in [1.82, 2.24) is 0 Å². The quantitative estimate of drug-likeness (QED) is 0.529. The van der Waals surface area contributed by atoms with Crippen LogP contribution in [0.15, 0.2) is 36.4 Å². The highest BCUT2D eigenvalue weighted by atomic mass is 16.5. The molecule has 0 spiro atoms. The number of benzene rings is 2. The molecule has 3 rings (SSSR count). The van der Waals surface area contributed by atoms with Crippen LogP contribution in [0.1, 0.15) is 43.9 Å². The van der Waals surface area contributed by atoms with Gasteiger partial charge in [0.05, 0.1) is 43.7 Å². The zero-order valence-electron chi connectivity index (χ0n) is 17.2. The van der Waals surface area contributed by atoms with E-state index < -0.39 is 17.9 Å². The summed E-state index contributed by atoms with van der Waals surface area (Å²) in [5, 5.41) is 2.75. The topological polar surface area (TPSA) is 117 Å². The summed E-state index contributed by atoms with van der Waals surface area (Å²) in [6.07, 6.45) is 1.59. The van der Waals surface area contributed by atoms with Crippen molar-refractivity contribution < 1.29 is 38.1 Å². The first-order valence-electron chi connectivity index (χ1n) is 9.39. The average molecular weight is 427 g/mol. The number of rotatable bonds is 7. The number of ether oxygens (including phenoxy) is 4. The molecular weight excluding hydrogens is 406 g/mol. The van der Waals surface area contributed by atoms with Crippen molar-refractivity contribution in [3.63, 3.8) is 0 Å². The van der Waals surface area contributed by atoms with E-state index in [9.17, 15) is 19.2 Å². The van der Waals surface area contributed by atoms with Gasteiger partial charge in [-0.2, -0.15) is 0 Å². The average Bonchev–Trinajstić information content (AvgIpc) is 3.63. The van der Waals surface area contributed by atoms with Crippen LogP contribution in [0.3, 0.4) is 0 Å². The van der Waals surface area contributed by atoms with E-state index in [2.05, 4.69) is 5.32 Å². The van der Waals surface area contributed by atoms with Crippen LogP contribution in [0.4, 0.5) is 5.69 Å². The SMILES string of the molecule is COC(=O)c1cc(Oc2ccc(C(=O)OC)cc2NC(=O)C2CC2)cc(C(=O)OC)c1. The lowest BCUT2D eigenvalue weighted by Crippen LogP contribution is -2.15. The van der Waals surface area contributed by atoms with Crippen molar-refractivity contribution in [2.45, 2.75) is 12.8 Å². The van der Waals surface area contributed by atoms with Gasteiger partial charge in [0.1, 0.15) is 5.75 Å². The molecule has 2 aromatic rings. The minimum Gasteiger partial charge on any atom is -0.465 e. The Labute approximate surface area is 178 Å². The van der Waals surface area contributed by atoms with E-state index in [0.717, 1.165) is 12.8 Å². The first kappa shape index (κ1) is 21.8. The molecule has 1 amide bonds. The number of esters is 3. The fourth-order valence-electron chi connectivity index (χ4n) is 2.80. The summed E-state index contributed by atoms with van der Waals surface area (Å²) in [6, 6.07) is 8.49. The third kappa shape index (κ3) is 5.19. The zero-order valence-corrected chi connectivity index (χ0v) is 17.2. The summed E-state index contributed by atoms with van der Waals surface area (Å²) in [4.78, 5) is 48.2. The second-order valence-electron chi connectivity index (χ2n) is 6.80. The van der Waals surface area contributed by atoms with Crippen LogP contribution in [0.2, 0.25) is 0 Å². The predicted molar refractivity (Wildman–Crippen MR) is 108 cm³/mol. The molecule has 0 aliphatic heterocycles. The van der Waals surface area contributed by atoms with Gasteiger partial charge in [-0.05, 0) is 49.2 Å². The Morgan fingerprint density at radius 1 is 0.774 bits per heavy atom. The number of methoxy groups -OCH3 is 3. The van der Waals surface area contributed by atoms with E-state index in [0.29, 0.717) is 0 Å². The number of nitrogens with one attached hydrogen (secondary N) is 1. The molecule has 0 aromatic heterocycles. The Bertz CT molecular complexity index is 1010. The molecule has 2 aromatic carbocycles. The number of carbonyl (C=O) groups is 4. The fourth-order valence-corrected chi connectivity index (χ4v) is 2.80. The molecule has 0 bridgehead atoms. The third-order valence-corrected chi connectivity index (χ3v) is 4.58. The monoisotopic (exact) mass is 427 g/mol. The first-order chi connectivity index (χ1) is 14.9. The second kappa shape index (κ2) is 9.29. The summed E-state index contributed by atoms with van der Waals surface area (Å²) in [5.74, 6) is -1.84. The highest BCUT2D eigenvalue weighted by molar-refractivity contribution is 5.98. The Balaban J connectivity index is 1.99. The standard InChI is InChI=1S/C22H21NO8/c1-28-20(25)13-6-7-18(17(11-13)23-19(24)12-4-5-12)31-16-9-14(21(26)29-2)8-15(10-16)22(27)30-3/h6-12H,4-5H2,1-3H3,(H,23,24). The highest BCUT2D eigenvalue weighted by Crippen LogP contribution is 2.35. The molecular formula is C22H21NO8. The summed E-state index contributed by atoms with van der Waals surface area (Å²) < 4.78 is 20.0. The molecule has 1 N–H and O–H groups in total. The number of carbonyl (C=O) groups excluding carboxylic acids is 4. The normalized spacial score (nSPS) is 12.5. The summed E-state index contributed by atoms with van der Waals surface area (Å²) in [6.45, 7) is 0. The molecule has 9 nitrogen and oxygen atoms in total. The maximum Gasteiger partial charge on any atom is 0.338 e. The number of anilines is 1. The molecule has 0 unspecified atom stereocenters. The van der Waals surface area contributed by atoms with Gasteiger partial charge in [-0.15, -0.1) is 0 Å². The molecule has 1 aliphatic carbocycles. The third-order valence-electron chi connectivity index (χ3n) is 4.58. The van der Waals surface area contributed by atoms with Gasteiger partial charge in [-0.1, -0.05) is 0 Å². The van der Waals surface area contributed by atoms with Gasteiger partial charge in [0.25, 0.3) is 0 Å². The van der Waals surface area contributed by atoms with Crippen LogP contribution in [0, 0.1) is 5.92 Å². The lowest BCUT2D eigenvalue weighted by atomic mass is 10.1. The molecule has 0 heterocycles. The van der Waals surface area contributed by atoms with Crippen molar-refractivity contribution in [3.05, 3.63) is 53.1 Å². The van der Waals surface area contributed by atoms with E-state index in [1.54, 1.807) is 0 Å². The lowest BCUT2D eigenvalue weighted by Gasteiger charge is -2.15. The minimum absolute atomic E-state index is 0.0788. The van der Waals surface area contributed by atoms with Crippen LogP contribution >= 0.6 is 0 Å². The zero-order chi connectivity index (χ0) is 22.5. The van der Waals surface area contributed by atoms with Crippen molar-refractivity contribution in [2.75, 3.05) is 26.6 Å². The van der Waals surface area contributed by atoms with Gasteiger partial charge in [0.2, 0.25) is 5.91 Å². The second-order valence-corrected chi connectivity index (χ2v) is 6.80. The van der Waals surface area contributed by atoms with Gasteiger partial charge >= 0.3 is 17.9 Å². The van der Waals surface area contributed by atoms with Crippen molar-refractivity contribution in [2.24, 2.45) is 5.92 Å². The van der Waals surface area contributed by atoms with Gasteiger partial charge < -0.3 is 24.3 Å². The minimum atomic E-state index is -0.668. The molecule has 31 heavy (non-hydrogen) atoms. The van der Waals surface area contributed by atoms with Crippen molar-refractivity contribution >= 4 is 29.5 Å². The van der Waals surface area contributed by atoms with E-state index in [1.807, 2.05) is 0 Å². The Kier molecular flexibility index (Phi) is 6.54. The van der Waals surface area contributed by atoms with Crippen LogP contribution in [0.25, 0.3) is 0 Å². The van der Waals surface area contributed by atoms with Gasteiger partial charge in [-0.3, -0.25) is 4.79 Å². The van der Waals surface area contributed by atoms with Crippen LogP contribution in [-0.2, 0) is 19.0 Å². The number of amides is 1. The maximum absolute atomic E-state index is 12.3. The van der Waals surface area contributed by atoms with Gasteiger partial charge in [0.15, 0.2) is 5.75 Å². The summed E-state index contributed by atoms with van der Waals surface area (Å²) in [5.41, 5.74) is 0.632. The maximum atomic E-state index is 12.3. The molecule has 1 fully saturated rings. The molecule has 0 radical (unpaired) electrons.